The molecule has 1 aliphatic rings. The number of fused-ring (bicyclic) bond motifs is 1. The zero-order valence-electron chi connectivity index (χ0n) is 24.4. The molecule has 12 heteroatoms. The monoisotopic (exact) mass is 600 g/mol. The highest BCUT2D eigenvalue weighted by atomic mass is 32.1. The average molecular weight is 601 g/mol. The lowest BCUT2D eigenvalue weighted by Crippen LogP contribution is -2.34. The second kappa shape index (κ2) is 12.0. The first-order chi connectivity index (χ1) is 20.8. The summed E-state index contributed by atoms with van der Waals surface area (Å²) in [5.74, 6) is 1.29. The first-order valence-electron chi connectivity index (χ1n) is 14.2. The highest BCUT2D eigenvalue weighted by molar-refractivity contribution is 7.18. The van der Waals surface area contributed by atoms with Crippen LogP contribution in [0.5, 0.6) is 17.4 Å². The van der Waals surface area contributed by atoms with Crippen molar-refractivity contribution in [2.45, 2.75) is 45.4 Å². The number of phenols is 1. The number of para-hydroxylation sites is 1. The van der Waals surface area contributed by atoms with E-state index in [1.807, 2.05) is 32.0 Å². The van der Waals surface area contributed by atoms with E-state index in [0.717, 1.165) is 36.1 Å². The zero-order chi connectivity index (χ0) is 30.1. The molecule has 1 atom stereocenters. The van der Waals surface area contributed by atoms with Crippen molar-refractivity contribution in [2.75, 3.05) is 25.1 Å². The maximum absolute atomic E-state index is 12.2. The first-order valence-corrected chi connectivity index (χ1v) is 15.0. The molecule has 222 valence electrons. The van der Waals surface area contributed by atoms with E-state index in [1.54, 1.807) is 41.9 Å². The van der Waals surface area contributed by atoms with Crippen LogP contribution in [0.2, 0.25) is 0 Å². The number of rotatable bonds is 8. The van der Waals surface area contributed by atoms with Gasteiger partial charge in [0.1, 0.15) is 16.5 Å². The van der Waals surface area contributed by atoms with Crippen molar-refractivity contribution in [2.24, 2.45) is 5.92 Å². The van der Waals surface area contributed by atoms with Gasteiger partial charge in [-0.1, -0.05) is 26.0 Å². The Bertz CT molecular complexity index is 1740. The van der Waals surface area contributed by atoms with Crippen LogP contribution in [-0.2, 0) is 9.53 Å². The molecular formula is C31H32N6O5S. The Morgan fingerprint density at radius 1 is 1.12 bits per heavy atom. The molecule has 0 saturated carbocycles. The number of methoxy groups -OCH3 is 1. The summed E-state index contributed by atoms with van der Waals surface area (Å²) in [4.78, 5) is 25.6. The molecule has 1 fully saturated rings. The second-order valence-corrected chi connectivity index (χ2v) is 12.0. The van der Waals surface area contributed by atoms with E-state index in [2.05, 4.69) is 37.1 Å². The number of phenolic OH excluding ortho intramolecular Hbond substituents is 1. The van der Waals surface area contributed by atoms with E-state index in [4.69, 9.17) is 14.0 Å². The number of benzene rings is 1. The van der Waals surface area contributed by atoms with Crippen LogP contribution in [0.25, 0.3) is 21.5 Å². The van der Waals surface area contributed by atoms with Crippen LogP contribution in [0.4, 0.5) is 5.95 Å². The molecule has 11 nitrogen and oxygen atoms in total. The Balaban J connectivity index is 1.10. The van der Waals surface area contributed by atoms with Gasteiger partial charge >= 0.3 is 5.97 Å². The topological polar surface area (TPSA) is 137 Å². The maximum atomic E-state index is 12.2. The summed E-state index contributed by atoms with van der Waals surface area (Å²) in [6.45, 7) is 7.61. The smallest absolute Gasteiger partial charge is 0.316 e. The molecule has 1 aliphatic heterocycles. The molecule has 0 spiro atoms. The Morgan fingerprint density at radius 3 is 2.56 bits per heavy atom. The number of aromatic hydroxyl groups is 1. The number of anilines is 1. The second-order valence-electron chi connectivity index (χ2n) is 11.0. The van der Waals surface area contributed by atoms with Gasteiger partial charge in [-0.25, -0.2) is 9.97 Å². The van der Waals surface area contributed by atoms with Crippen LogP contribution in [0, 0.1) is 12.8 Å². The van der Waals surface area contributed by atoms with E-state index in [1.165, 1.54) is 17.6 Å². The molecule has 0 amide bonds. The third-order valence-corrected chi connectivity index (χ3v) is 9.20. The molecule has 0 radical (unpaired) electrons. The fraction of sp³-hybridized carbons (Fsp3) is 0.355. The van der Waals surface area contributed by atoms with Crippen molar-refractivity contribution in [3.63, 3.8) is 0 Å². The Hall–Kier alpha value is -4.58. The predicted molar refractivity (Wildman–Crippen MR) is 162 cm³/mol. The minimum atomic E-state index is -0.568. The number of piperidine rings is 1. The minimum Gasteiger partial charge on any atom is -0.507 e. The van der Waals surface area contributed by atoms with E-state index in [9.17, 15) is 9.90 Å². The third kappa shape index (κ3) is 5.74. The van der Waals surface area contributed by atoms with E-state index in [-0.39, 0.29) is 23.5 Å². The van der Waals surface area contributed by atoms with Gasteiger partial charge in [0.05, 0.1) is 25.2 Å². The number of nitrogens with zero attached hydrogens (tertiary/aromatic N) is 6. The Kier molecular flexibility index (Phi) is 7.94. The van der Waals surface area contributed by atoms with Gasteiger partial charge in [0, 0.05) is 35.0 Å². The zero-order valence-corrected chi connectivity index (χ0v) is 25.2. The summed E-state index contributed by atoms with van der Waals surface area (Å²) in [7, 11) is 1.35. The number of carbonyl (C=O) groups is 1. The summed E-state index contributed by atoms with van der Waals surface area (Å²) in [6.07, 6.45) is 5.15. The van der Waals surface area contributed by atoms with Crippen LogP contribution in [0.15, 0.2) is 53.3 Å². The summed E-state index contributed by atoms with van der Waals surface area (Å²) >= 11 is 1.70. The third-order valence-electron chi connectivity index (χ3n) is 7.84. The van der Waals surface area contributed by atoms with Crippen molar-refractivity contribution in [3.8, 4) is 28.6 Å². The lowest BCUT2D eigenvalue weighted by atomic mass is 9.92. The number of aromatic nitrogens is 5. The summed E-state index contributed by atoms with van der Waals surface area (Å²) < 4.78 is 16.0. The molecule has 1 N–H and O–H groups in total. The van der Waals surface area contributed by atoms with E-state index < -0.39 is 5.92 Å². The maximum Gasteiger partial charge on any atom is 0.316 e. The summed E-state index contributed by atoms with van der Waals surface area (Å²) in [6, 6.07) is 10.8. The van der Waals surface area contributed by atoms with Crippen LogP contribution < -0.4 is 9.64 Å². The number of ether oxygens (including phenoxy) is 2. The van der Waals surface area contributed by atoms with Gasteiger partial charge in [0.15, 0.2) is 11.5 Å². The quantitative estimate of drug-likeness (QED) is 0.203. The van der Waals surface area contributed by atoms with E-state index >= 15 is 0 Å². The van der Waals surface area contributed by atoms with Gasteiger partial charge < -0.3 is 24.0 Å². The lowest BCUT2D eigenvalue weighted by Gasteiger charge is -2.31. The number of hydrogen-bond donors (Lipinski definition) is 1. The summed E-state index contributed by atoms with van der Waals surface area (Å²) in [5.41, 5.74) is 2.57. The van der Waals surface area contributed by atoms with Gasteiger partial charge in [-0.2, -0.15) is 0 Å². The molecule has 0 aliphatic carbocycles. The summed E-state index contributed by atoms with van der Waals surface area (Å²) in [5, 5.41) is 24.2. The molecule has 5 heterocycles. The molecule has 1 unspecified atom stereocenters. The lowest BCUT2D eigenvalue weighted by molar-refractivity contribution is -0.144. The van der Waals surface area contributed by atoms with Crippen molar-refractivity contribution in [1.82, 2.24) is 25.3 Å². The fourth-order valence-electron chi connectivity index (χ4n) is 5.55. The standard InChI is InChI=1S/C31H32N6O5S/c1-17(2)27(30(39)40-4)25-14-26(36-42-25)41-20-15-32-31(33-16-20)37-11-9-19(10-12-37)28-18(3)22-13-23(34-35-29(22)43-28)21-7-5-6-8-24(21)38/h5-8,13-17,19,27,38H,9-12H2,1-4H3. The Morgan fingerprint density at radius 2 is 1.86 bits per heavy atom. The van der Waals surface area contributed by atoms with Crippen LogP contribution in [-0.4, -0.2) is 56.6 Å². The predicted octanol–water partition coefficient (Wildman–Crippen LogP) is 6.24. The normalized spacial score (nSPS) is 14.8. The Labute approximate surface area is 252 Å². The number of hydrogen-bond acceptors (Lipinski definition) is 12. The van der Waals surface area contributed by atoms with Crippen molar-refractivity contribution >= 4 is 33.5 Å². The molecule has 5 aromatic rings. The fourth-order valence-corrected chi connectivity index (χ4v) is 6.83. The van der Waals surface area contributed by atoms with Crippen LogP contribution in [0.1, 0.15) is 54.7 Å². The van der Waals surface area contributed by atoms with Gasteiger partial charge in [0.2, 0.25) is 5.95 Å². The SMILES string of the molecule is COC(=O)C(c1cc(Oc2cnc(N3CCC(c4sc5nnc(-c6ccccc6O)cc5c4C)CC3)nc2)no1)C(C)C. The highest BCUT2D eigenvalue weighted by Crippen LogP contribution is 2.41. The minimum absolute atomic E-state index is 0.0284. The molecule has 43 heavy (non-hydrogen) atoms. The highest BCUT2D eigenvalue weighted by Gasteiger charge is 2.30. The molecule has 0 bridgehead atoms. The molecule has 6 rings (SSSR count). The van der Waals surface area contributed by atoms with Crippen LogP contribution in [0.3, 0.4) is 0 Å². The van der Waals surface area contributed by atoms with Crippen molar-refractivity contribution in [3.05, 3.63) is 65.0 Å². The van der Waals surface area contributed by atoms with Gasteiger partial charge in [0.25, 0.3) is 5.88 Å². The van der Waals surface area contributed by atoms with Gasteiger partial charge in [-0.3, -0.25) is 4.79 Å². The van der Waals surface area contributed by atoms with Crippen LogP contribution >= 0.6 is 11.3 Å². The van der Waals surface area contributed by atoms with Gasteiger partial charge in [-0.15, -0.1) is 21.5 Å². The molecular weight excluding hydrogens is 568 g/mol. The number of aryl methyl sites for hydroxylation is 1. The number of esters is 1. The molecule has 1 saturated heterocycles. The van der Waals surface area contributed by atoms with E-state index in [0.29, 0.717) is 34.6 Å². The number of carbonyl (C=O) groups excluding carboxylic acids is 1. The number of thiophene rings is 1. The first kappa shape index (κ1) is 28.5. The largest absolute Gasteiger partial charge is 0.507 e. The molecule has 4 aromatic heterocycles. The molecule has 1 aromatic carbocycles. The van der Waals surface area contributed by atoms with Gasteiger partial charge in [-0.05, 0) is 60.5 Å². The average Bonchev–Trinajstić information content (AvgIpc) is 3.61. The van der Waals surface area contributed by atoms with Crippen molar-refractivity contribution < 1.29 is 23.9 Å². The van der Waals surface area contributed by atoms with Crippen molar-refractivity contribution in [1.29, 1.82) is 0 Å².